The molecule has 0 aromatic carbocycles. The highest BCUT2D eigenvalue weighted by molar-refractivity contribution is 7.84. The van der Waals surface area contributed by atoms with Crippen molar-refractivity contribution in [1.82, 2.24) is 9.21 Å². The molecule has 0 aliphatic carbocycles. The molecule has 0 unspecified atom stereocenters. The molecule has 1 rings (SSSR count). The third-order valence-corrected chi connectivity index (χ3v) is 2.85. The lowest BCUT2D eigenvalue weighted by atomic mass is 10.5. The monoisotopic (exact) mass is 206 g/mol. The van der Waals surface area contributed by atoms with Crippen LogP contribution in [0, 0.1) is 0 Å². The van der Waals surface area contributed by atoms with Crippen LogP contribution in [-0.4, -0.2) is 37.9 Å². The molecule has 0 N–H and O–H groups in total. The van der Waals surface area contributed by atoms with Gasteiger partial charge in [0.15, 0.2) is 0 Å². The van der Waals surface area contributed by atoms with Crippen molar-refractivity contribution < 1.29 is 12.6 Å². The average molecular weight is 206 g/mol. The molecule has 0 spiro atoms. The summed E-state index contributed by atoms with van der Waals surface area (Å²) in [6, 6.07) is 0. The zero-order chi connectivity index (χ0) is 9.90. The lowest BCUT2D eigenvalue weighted by molar-refractivity contribution is 0.273. The molecule has 0 fully saturated rings. The van der Waals surface area contributed by atoms with E-state index in [1.54, 1.807) is 18.1 Å². The van der Waals surface area contributed by atoms with Crippen LogP contribution in [0.2, 0.25) is 0 Å². The first-order valence-electron chi connectivity index (χ1n) is 4.11. The van der Waals surface area contributed by atoms with E-state index < -0.39 is 10.3 Å². The molecular formula is C7H14N2O3S. The Bertz CT molecular complexity index is 286. The fourth-order valence-electron chi connectivity index (χ4n) is 0.904. The molecule has 0 radical (unpaired) electrons. The predicted octanol–water partition coefficient (Wildman–Crippen LogP) is 0.334. The van der Waals surface area contributed by atoms with Crippen molar-refractivity contribution in [1.29, 1.82) is 0 Å². The smallest absolute Gasteiger partial charge is 0.361 e. The Hall–Kier alpha value is -0.750. The van der Waals surface area contributed by atoms with Crippen LogP contribution in [0.3, 0.4) is 0 Å². The number of nitrogens with zero attached hydrogens (tertiary/aromatic N) is 2. The fraction of sp³-hybridized carbons (Fsp3) is 0.714. The maximum atomic E-state index is 11.4. The van der Waals surface area contributed by atoms with Crippen LogP contribution in [0.25, 0.3) is 0 Å². The van der Waals surface area contributed by atoms with E-state index in [9.17, 15) is 8.42 Å². The van der Waals surface area contributed by atoms with Crippen molar-refractivity contribution in [3.8, 4) is 0 Å². The summed E-state index contributed by atoms with van der Waals surface area (Å²) in [4.78, 5) is 1.76. The highest BCUT2D eigenvalue weighted by atomic mass is 32.2. The molecular weight excluding hydrogens is 192 g/mol. The van der Waals surface area contributed by atoms with E-state index in [1.165, 1.54) is 10.5 Å². The van der Waals surface area contributed by atoms with Gasteiger partial charge in [-0.2, -0.15) is 8.42 Å². The summed E-state index contributed by atoms with van der Waals surface area (Å²) in [7, 11) is -1.75. The zero-order valence-corrected chi connectivity index (χ0v) is 8.62. The van der Waals surface area contributed by atoms with Crippen molar-refractivity contribution in [2.24, 2.45) is 0 Å². The standard InChI is InChI=1S/C7H14N2O3S/c1-3-6-12-13(10,11)9-5-4-8(2)7-9/h4-5H,3,6-7H2,1-2H3. The van der Waals surface area contributed by atoms with Crippen LogP contribution in [0.5, 0.6) is 0 Å². The molecule has 0 saturated heterocycles. The van der Waals surface area contributed by atoms with Gasteiger partial charge in [-0.15, -0.1) is 0 Å². The SMILES string of the molecule is CCCOS(=O)(=O)N1C=CN(C)C1. The summed E-state index contributed by atoms with van der Waals surface area (Å²) in [5.41, 5.74) is 0. The van der Waals surface area contributed by atoms with Crippen LogP contribution < -0.4 is 0 Å². The lowest BCUT2D eigenvalue weighted by Crippen LogP contribution is -2.30. The van der Waals surface area contributed by atoms with E-state index in [0.717, 1.165) is 0 Å². The molecule has 1 heterocycles. The van der Waals surface area contributed by atoms with Gasteiger partial charge in [0.2, 0.25) is 0 Å². The molecule has 0 bridgehead atoms. The minimum atomic E-state index is -3.55. The minimum Gasteiger partial charge on any atom is -0.361 e. The van der Waals surface area contributed by atoms with Gasteiger partial charge in [0.25, 0.3) is 0 Å². The lowest BCUT2D eigenvalue weighted by Gasteiger charge is -2.17. The molecule has 0 aromatic heterocycles. The van der Waals surface area contributed by atoms with Gasteiger partial charge in [-0.05, 0) is 6.42 Å². The fourth-order valence-corrected chi connectivity index (χ4v) is 1.94. The Morgan fingerprint density at radius 1 is 1.46 bits per heavy atom. The highest BCUT2D eigenvalue weighted by Crippen LogP contribution is 2.11. The molecule has 0 saturated carbocycles. The third-order valence-electron chi connectivity index (χ3n) is 1.57. The topological polar surface area (TPSA) is 49.9 Å². The van der Waals surface area contributed by atoms with Crippen molar-refractivity contribution in [3.63, 3.8) is 0 Å². The Morgan fingerprint density at radius 3 is 2.62 bits per heavy atom. The summed E-state index contributed by atoms with van der Waals surface area (Å²) in [5.74, 6) is 0. The molecule has 6 heteroatoms. The molecule has 5 nitrogen and oxygen atoms in total. The number of hydrogen-bond acceptors (Lipinski definition) is 4. The van der Waals surface area contributed by atoms with E-state index in [2.05, 4.69) is 0 Å². The normalized spacial score (nSPS) is 17.1. The second-order valence-corrected chi connectivity index (χ2v) is 4.42. The second kappa shape index (κ2) is 3.97. The van der Waals surface area contributed by atoms with Crippen molar-refractivity contribution >= 4 is 10.3 Å². The molecule has 0 amide bonds. The first-order chi connectivity index (χ1) is 6.06. The van der Waals surface area contributed by atoms with Gasteiger partial charge >= 0.3 is 10.3 Å². The van der Waals surface area contributed by atoms with E-state index in [1.807, 2.05) is 6.92 Å². The van der Waals surface area contributed by atoms with Crippen molar-refractivity contribution in [2.45, 2.75) is 13.3 Å². The summed E-state index contributed by atoms with van der Waals surface area (Å²) >= 11 is 0. The summed E-state index contributed by atoms with van der Waals surface area (Å²) < 4.78 is 28.6. The molecule has 1 aliphatic rings. The largest absolute Gasteiger partial charge is 0.363 e. The number of rotatable bonds is 4. The Balaban J connectivity index is 2.56. The van der Waals surface area contributed by atoms with E-state index >= 15 is 0 Å². The predicted molar refractivity (Wildman–Crippen MR) is 48.8 cm³/mol. The first kappa shape index (κ1) is 10.3. The maximum Gasteiger partial charge on any atom is 0.363 e. The molecule has 0 aromatic rings. The van der Waals surface area contributed by atoms with Gasteiger partial charge in [0.05, 0.1) is 6.61 Å². The second-order valence-electron chi connectivity index (χ2n) is 2.86. The molecule has 76 valence electrons. The minimum absolute atomic E-state index is 0.233. The molecule has 1 aliphatic heterocycles. The van der Waals surface area contributed by atoms with E-state index in [-0.39, 0.29) is 6.61 Å². The summed E-state index contributed by atoms with van der Waals surface area (Å²) in [6.07, 6.45) is 3.87. The van der Waals surface area contributed by atoms with E-state index in [4.69, 9.17) is 4.18 Å². The van der Waals surface area contributed by atoms with Crippen LogP contribution >= 0.6 is 0 Å². The van der Waals surface area contributed by atoms with Gasteiger partial charge in [0.1, 0.15) is 6.67 Å². The zero-order valence-electron chi connectivity index (χ0n) is 7.80. The Morgan fingerprint density at radius 2 is 2.15 bits per heavy atom. The first-order valence-corrected chi connectivity index (χ1v) is 5.47. The van der Waals surface area contributed by atoms with Crippen molar-refractivity contribution in [3.05, 3.63) is 12.4 Å². The van der Waals surface area contributed by atoms with Gasteiger partial charge in [-0.3, -0.25) is 4.18 Å². The molecule has 13 heavy (non-hydrogen) atoms. The van der Waals surface area contributed by atoms with Crippen LogP contribution in [-0.2, 0) is 14.5 Å². The third kappa shape index (κ3) is 2.60. The van der Waals surface area contributed by atoms with Crippen LogP contribution in [0.1, 0.15) is 13.3 Å². The van der Waals surface area contributed by atoms with Gasteiger partial charge in [0, 0.05) is 19.4 Å². The van der Waals surface area contributed by atoms with Crippen LogP contribution in [0.15, 0.2) is 12.4 Å². The average Bonchev–Trinajstić information content (AvgIpc) is 2.49. The van der Waals surface area contributed by atoms with Gasteiger partial charge < -0.3 is 4.90 Å². The maximum absolute atomic E-state index is 11.4. The van der Waals surface area contributed by atoms with E-state index in [0.29, 0.717) is 13.1 Å². The Labute approximate surface area is 78.8 Å². The summed E-state index contributed by atoms with van der Waals surface area (Å²) in [5, 5.41) is 0. The van der Waals surface area contributed by atoms with Gasteiger partial charge in [-0.1, -0.05) is 6.92 Å². The van der Waals surface area contributed by atoms with Crippen LogP contribution in [0.4, 0.5) is 0 Å². The van der Waals surface area contributed by atoms with Crippen molar-refractivity contribution in [2.75, 3.05) is 20.3 Å². The highest BCUT2D eigenvalue weighted by Gasteiger charge is 2.23. The molecule has 0 atom stereocenters. The quantitative estimate of drug-likeness (QED) is 0.665. The van der Waals surface area contributed by atoms with Gasteiger partial charge in [-0.25, -0.2) is 4.31 Å². The number of hydrogen-bond donors (Lipinski definition) is 0. The Kier molecular flexibility index (Phi) is 3.16. The summed E-state index contributed by atoms with van der Waals surface area (Å²) in [6.45, 7) is 2.42.